The fourth-order valence-corrected chi connectivity index (χ4v) is 1.35. The molecule has 1 aliphatic heterocycles. The van der Waals surface area contributed by atoms with Gasteiger partial charge in [-0.1, -0.05) is 19.1 Å². The first kappa shape index (κ1) is 8.57. The lowest BCUT2D eigenvalue weighted by Crippen LogP contribution is -2.39. The molecule has 0 aliphatic carbocycles. The summed E-state index contributed by atoms with van der Waals surface area (Å²) in [5, 5.41) is 1.99. The largest absolute Gasteiger partial charge is 0.406 e. The van der Waals surface area contributed by atoms with Crippen molar-refractivity contribution in [2.45, 2.75) is 19.8 Å². The molecule has 13 heavy (non-hydrogen) atoms. The minimum Gasteiger partial charge on any atom is -0.406 e. The van der Waals surface area contributed by atoms with E-state index in [9.17, 15) is 0 Å². The molecule has 1 heterocycles. The molecular weight excluding hydrogens is 162 g/mol. The third-order valence-electron chi connectivity index (χ3n) is 2.36. The minimum atomic E-state index is 0.971. The lowest BCUT2D eigenvalue weighted by molar-refractivity contribution is -0.107. The van der Waals surface area contributed by atoms with Crippen molar-refractivity contribution in [3.05, 3.63) is 29.8 Å². The van der Waals surface area contributed by atoms with Crippen LogP contribution in [0.5, 0.6) is 5.75 Å². The molecule has 1 fully saturated rings. The van der Waals surface area contributed by atoms with Crippen LogP contribution in [0.4, 0.5) is 0 Å². The molecule has 0 bridgehead atoms. The Morgan fingerprint density at radius 2 is 2.23 bits per heavy atom. The van der Waals surface area contributed by atoms with Gasteiger partial charge in [0.05, 0.1) is 0 Å². The number of hydrogen-bond acceptors (Lipinski definition) is 2. The molecular formula is C11H15NO. The van der Waals surface area contributed by atoms with Gasteiger partial charge in [0.1, 0.15) is 5.75 Å². The average Bonchev–Trinajstić information content (AvgIpc) is 2.12. The standard InChI is InChI=1S/C11H15NO/c1-2-10-5-3-6-11(9-10)13-12-7-4-8-12/h3,5-6,9H,2,4,7-8H2,1H3. The van der Waals surface area contributed by atoms with Crippen LogP contribution in [0.1, 0.15) is 18.9 Å². The van der Waals surface area contributed by atoms with Gasteiger partial charge in [0, 0.05) is 13.1 Å². The van der Waals surface area contributed by atoms with Crippen LogP contribution >= 0.6 is 0 Å². The van der Waals surface area contributed by atoms with Crippen LogP contribution in [0, 0.1) is 0 Å². The molecule has 1 aromatic carbocycles. The predicted molar refractivity (Wildman–Crippen MR) is 52.6 cm³/mol. The summed E-state index contributed by atoms with van der Waals surface area (Å²) in [6, 6.07) is 8.30. The van der Waals surface area contributed by atoms with E-state index in [0.29, 0.717) is 0 Å². The SMILES string of the molecule is CCc1cccc(ON2CCC2)c1. The third kappa shape index (κ3) is 2.01. The van der Waals surface area contributed by atoms with Crippen molar-refractivity contribution in [1.29, 1.82) is 0 Å². The lowest BCUT2D eigenvalue weighted by atomic mass is 10.2. The zero-order valence-electron chi connectivity index (χ0n) is 7.99. The lowest BCUT2D eigenvalue weighted by Gasteiger charge is -2.29. The van der Waals surface area contributed by atoms with E-state index in [1.165, 1.54) is 12.0 Å². The Morgan fingerprint density at radius 1 is 1.38 bits per heavy atom. The summed E-state index contributed by atoms with van der Waals surface area (Å²) in [4.78, 5) is 5.63. The summed E-state index contributed by atoms with van der Waals surface area (Å²) in [5.41, 5.74) is 1.33. The number of benzene rings is 1. The van der Waals surface area contributed by atoms with Crippen LogP contribution in [0.25, 0.3) is 0 Å². The molecule has 0 aromatic heterocycles. The molecule has 0 radical (unpaired) electrons. The molecule has 0 saturated carbocycles. The molecule has 0 unspecified atom stereocenters. The van der Waals surface area contributed by atoms with E-state index in [0.717, 1.165) is 25.3 Å². The van der Waals surface area contributed by atoms with E-state index in [-0.39, 0.29) is 0 Å². The summed E-state index contributed by atoms with van der Waals surface area (Å²) in [6.45, 7) is 4.29. The van der Waals surface area contributed by atoms with Gasteiger partial charge in [-0.15, -0.1) is 5.06 Å². The highest BCUT2D eigenvalue weighted by atomic mass is 16.7. The summed E-state index contributed by atoms with van der Waals surface area (Å²) in [7, 11) is 0. The molecule has 2 nitrogen and oxygen atoms in total. The highest BCUT2D eigenvalue weighted by molar-refractivity contribution is 5.28. The number of nitrogens with zero attached hydrogens (tertiary/aromatic N) is 1. The molecule has 0 N–H and O–H groups in total. The van der Waals surface area contributed by atoms with Gasteiger partial charge in [0.2, 0.25) is 0 Å². The summed E-state index contributed by atoms with van der Waals surface area (Å²) < 4.78 is 0. The van der Waals surface area contributed by atoms with Crippen LogP contribution in [-0.2, 0) is 6.42 Å². The van der Waals surface area contributed by atoms with E-state index in [1.807, 2.05) is 17.2 Å². The van der Waals surface area contributed by atoms with Crippen LogP contribution in [0.2, 0.25) is 0 Å². The first-order valence-electron chi connectivity index (χ1n) is 4.90. The van der Waals surface area contributed by atoms with E-state index in [2.05, 4.69) is 19.1 Å². The third-order valence-corrected chi connectivity index (χ3v) is 2.36. The maximum Gasteiger partial charge on any atom is 0.147 e. The Hall–Kier alpha value is -1.02. The average molecular weight is 177 g/mol. The van der Waals surface area contributed by atoms with Crippen molar-refractivity contribution >= 4 is 0 Å². The Bertz CT molecular complexity index is 281. The van der Waals surface area contributed by atoms with Crippen molar-refractivity contribution in [2.24, 2.45) is 0 Å². The zero-order chi connectivity index (χ0) is 9.10. The second-order valence-corrected chi connectivity index (χ2v) is 3.37. The molecule has 1 saturated heterocycles. The molecule has 0 spiro atoms. The number of hydroxylamine groups is 2. The van der Waals surface area contributed by atoms with Gasteiger partial charge in [-0.2, -0.15) is 0 Å². The fourth-order valence-electron chi connectivity index (χ4n) is 1.35. The first-order valence-corrected chi connectivity index (χ1v) is 4.90. The fraction of sp³-hybridized carbons (Fsp3) is 0.455. The molecule has 1 aliphatic rings. The topological polar surface area (TPSA) is 12.5 Å². The van der Waals surface area contributed by atoms with Gasteiger partial charge in [0.15, 0.2) is 0 Å². The number of rotatable bonds is 3. The Morgan fingerprint density at radius 3 is 2.85 bits per heavy atom. The monoisotopic (exact) mass is 177 g/mol. The van der Waals surface area contributed by atoms with Gasteiger partial charge in [0.25, 0.3) is 0 Å². The van der Waals surface area contributed by atoms with Crippen LogP contribution in [0.15, 0.2) is 24.3 Å². The van der Waals surface area contributed by atoms with E-state index in [4.69, 9.17) is 4.84 Å². The van der Waals surface area contributed by atoms with Crippen molar-refractivity contribution in [2.75, 3.05) is 13.1 Å². The van der Waals surface area contributed by atoms with E-state index < -0.39 is 0 Å². The predicted octanol–water partition coefficient (Wildman–Crippen LogP) is 2.25. The number of hydrogen-bond donors (Lipinski definition) is 0. The summed E-state index contributed by atoms with van der Waals surface area (Å²) >= 11 is 0. The van der Waals surface area contributed by atoms with E-state index >= 15 is 0 Å². The maximum atomic E-state index is 5.63. The van der Waals surface area contributed by atoms with Gasteiger partial charge in [-0.25, -0.2) is 0 Å². The molecule has 0 atom stereocenters. The zero-order valence-corrected chi connectivity index (χ0v) is 7.99. The second-order valence-electron chi connectivity index (χ2n) is 3.37. The van der Waals surface area contributed by atoms with Gasteiger partial charge in [-0.3, -0.25) is 0 Å². The summed E-state index contributed by atoms with van der Waals surface area (Å²) in [5.74, 6) is 0.971. The van der Waals surface area contributed by atoms with Crippen LogP contribution in [-0.4, -0.2) is 18.2 Å². The van der Waals surface area contributed by atoms with Gasteiger partial charge >= 0.3 is 0 Å². The van der Waals surface area contributed by atoms with Gasteiger partial charge in [-0.05, 0) is 30.5 Å². The maximum absolute atomic E-state index is 5.63. The highest BCUT2D eigenvalue weighted by Crippen LogP contribution is 2.17. The van der Waals surface area contributed by atoms with Crippen molar-refractivity contribution < 1.29 is 4.84 Å². The molecule has 0 amide bonds. The molecule has 2 rings (SSSR count). The molecule has 2 heteroatoms. The van der Waals surface area contributed by atoms with Crippen molar-refractivity contribution in [1.82, 2.24) is 5.06 Å². The second kappa shape index (κ2) is 3.79. The van der Waals surface area contributed by atoms with Crippen molar-refractivity contribution in [3.63, 3.8) is 0 Å². The normalized spacial score (nSPS) is 16.7. The Kier molecular flexibility index (Phi) is 2.50. The Labute approximate surface area is 79.1 Å². The van der Waals surface area contributed by atoms with E-state index in [1.54, 1.807) is 0 Å². The number of aryl methyl sites for hydroxylation is 1. The first-order chi connectivity index (χ1) is 6.38. The highest BCUT2D eigenvalue weighted by Gasteiger charge is 2.15. The minimum absolute atomic E-state index is 0.971. The Balaban J connectivity index is 2.01. The van der Waals surface area contributed by atoms with Crippen LogP contribution in [0.3, 0.4) is 0 Å². The summed E-state index contributed by atoms with van der Waals surface area (Å²) in [6.07, 6.45) is 2.32. The van der Waals surface area contributed by atoms with Gasteiger partial charge < -0.3 is 4.84 Å². The van der Waals surface area contributed by atoms with Crippen LogP contribution < -0.4 is 4.84 Å². The smallest absolute Gasteiger partial charge is 0.147 e. The molecule has 70 valence electrons. The molecule has 1 aromatic rings. The quantitative estimate of drug-likeness (QED) is 0.702. The van der Waals surface area contributed by atoms with Crippen molar-refractivity contribution in [3.8, 4) is 5.75 Å².